The second kappa shape index (κ2) is 2.94. The summed E-state index contributed by atoms with van der Waals surface area (Å²) in [4.78, 5) is 0. The zero-order valence-corrected chi connectivity index (χ0v) is 8.61. The van der Waals surface area contributed by atoms with Crippen LogP contribution in [0.25, 0.3) is 0 Å². The van der Waals surface area contributed by atoms with Crippen molar-refractivity contribution < 1.29 is 5.11 Å². The third kappa shape index (κ3) is 1.18. The fourth-order valence-electron chi connectivity index (χ4n) is 2.79. The van der Waals surface area contributed by atoms with Crippen LogP contribution in [0.5, 0.6) is 0 Å². The topological polar surface area (TPSA) is 46.2 Å². The molecule has 1 saturated carbocycles. The van der Waals surface area contributed by atoms with Crippen LogP contribution in [0.15, 0.2) is 47.1 Å². The van der Waals surface area contributed by atoms with E-state index in [1.54, 1.807) is 0 Å². The number of hydrogen-bond donors (Lipinski definition) is 2. The molecule has 0 aromatic heterocycles. The van der Waals surface area contributed by atoms with Gasteiger partial charge in [0, 0.05) is 12.5 Å². The summed E-state index contributed by atoms with van der Waals surface area (Å²) in [5.74, 6) is 0.397. The summed E-state index contributed by atoms with van der Waals surface area (Å²) in [5, 5.41) is 10.3. The summed E-state index contributed by atoms with van der Waals surface area (Å²) in [7, 11) is 0. The third-order valence-corrected chi connectivity index (χ3v) is 3.72. The highest BCUT2D eigenvalue weighted by Crippen LogP contribution is 2.45. The molecule has 2 unspecified atom stereocenters. The molecule has 0 amide bonds. The van der Waals surface area contributed by atoms with Crippen molar-refractivity contribution in [3.63, 3.8) is 0 Å². The summed E-state index contributed by atoms with van der Waals surface area (Å²) in [6, 6.07) is 0. The monoisotopic (exact) mass is 201 g/mol. The average Bonchev–Trinajstić information content (AvgIpc) is 2.82. The van der Waals surface area contributed by atoms with Crippen molar-refractivity contribution >= 4 is 0 Å². The highest BCUT2D eigenvalue weighted by atomic mass is 16.3. The van der Waals surface area contributed by atoms with Crippen molar-refractivity contribution in [2.45, 2.75) is 18.4 Å². The summed E-state index contributed by atoms with van der Waals surface area (Å²) in [5.41, 5.74) is 8.54. The van der Waals surface area contributed by atoms with Crippen molar-refractivity contribution in [3.8, 4) is 0 Å². The molecule has 0 aromatic rings. The molecule has 0 bridgehead atoms. The fraction of sp³-hybridized carbons (Fsp3) is 0.385. The van der Waals surface area contributed by atoms with Gasteiger partial charge in [-0.2, -0.15) is 0 Å². The molecule has 3 rings (SSSR count). The molecule has 78 valence electrons. The van der Waals surface area contributed by atoms with E-state index in [1.807, 2.05) is 0 Å². The minimum Gasteiger partial charge on any atom is -0.384 e. The van der Waals surface area contributed by atoms with Gasteiger partial charge in [-0.1, -0.05) is 30.4 Å². The fourth-order valence-corrected chi connectivity index (χ4v) is 2.79. The maximum atomic E-state index is 10.3. The van der Waals surface area contributed by atoms with Crippen LogP contribution in [0.1, 0.15) is 12.8 Å². The molecule has 2 heteroatoms. The lowest BCUT2D eigenvalue weighted by molar-refractivity contribution is 0.0935. The van der Waals surface area contributed by atoms with Gasteiger partial charge in [0.1, 0.15) is 0 Å². The van der Waals surface area contributed by atoms with Gasteiger partial charge in [-0.25, -0.2) is 0 Å². The Bertz CT molecular complexity index is 428. The molecule has 0 spiro atoms. The highest BCUT2D eigenvalue weighted by molar-refractivity contribution is 5.59. The minimum absolute atomic E-state index is 0.333. The SMILES string of the molecule is NCC1(O)CCC2C=C3C=CC=C3C=C21. The van der Waals surface area contributed by atoms with Crippen LogP contribution in [-0.2, 0) is 0 Å². The van der Waals surface area contributed by atoms with Crippen LogP contribution >= 0.6 is 0 Å². The predicted molar refractivity (Wildman–Crippen MR) is 60.1 cm³/mol. The zero-order valence-electron chi connectivity index (χ0n) is 8.61. The Hall–Kier alpha value is -1.12. The number of fused-ring (bicyclic) bond motifs is 2. The molecule has 0 aromatic carbocycles. The third-order valence-electron chi connectivity index (χ3n) is 3.72. The molecule has 0 heterocycles. The number of nitrogens with two attached hydrogens (primary N) is 1. The Morgan fingerprint density at radius 2 is 2.33 bits per heavy atom. The molecule has 0 radical (unpaired) electrons. The summed E-state index contributed by atoms with van der Waals surface area (Å²) in [6.07, 6.45) is 12.5. The molecular formula is C13H15NO. The van der Waals surface area contributed by atoms with Gasteiger partial charge >= 0.3 is 0 Å². The van der Waals surface area contributed by atoms with Gasteiger partial charge in [-0.15, -0.1) is 0 Å². The van der Waals surface area contributed by atoms with Crippen LogP contribution in [0, 0.1) is 5.92 Å². The Balaban J connectivity index is 2.05. The van der Waals surface area contributed by atoms with Gasteiger partial charge < -0.3 is 10.8 Å². The van der Waals surface area contributed by atoms with Crippen molar-refractivity contribution in [2.75, 3.05) is 6.54 Å². The normalized spacial score (nSPS) is 36.9. The van der Waals surface area contributed by atoms with Gasteiger partial charge in [-0.3, -0.25) is 0 Å². The summed E-state index contributed by atoms with van der Waals surface area (Å²) in [6.45, 7) is 0.333. The lowest BCUT2D eigenvalue weighted by Crippen LogP contribution is -2.37. The van der Waals surface area contributed by atoms with E-state index in [-0.39, 0.29) is 0 Å². The average molecular weight is 201 g/mol. The van der Waals surface area contributed by atoms with Crippen molar-refractivity contribution in [3.05, 3.63) is 47.1 Å². The number of allylic oxidation sites excluding steroid dienone is 7. The largest absolute Gasteiger partial charge is 0.384 e. The van der Waals surface area contributed by atoms with Crippen LogP contribution in [0.4, 0.5) is 0 Å². The molecular weight excluding hydrogens is 186 g/mol. The van der Waals surface area contributed by atoms with Crippen molar-refractivity contribution in [1.82, 2.24) is 0 Å². The van der Waals surface area contributed by atoms with Crippen LogP contribution in [-0.4, -0.2) is 17.3 Å². The van der Waals surface area contributed by atoms with E-state index in [2.05, 4.69) is 30.4 Å². The number of rotatable bonds is 1. The Morgan fingerprint density at radius 1 is 1.47 bits per heavy atom. The molecule has 2 atom stereocenters. The molecule has 3 N–H and O–H groups in total. The second-order valence-electron chi connectivity index (χ2n) is 4.58. The smallest absolute Gasteiger partial charge is 0.0987 e. The first-order chi connectivity index (χ1) is 7.23. The highest BCUT2D eigenvalue weighted by Gasteiger charge is 2.42. The van der Waals surface area contributed by atoms with E-state index in [0.29, 0.717) is 12.5 Å². The molecule has 2 nitrogen and oxygen atoms in total. The number of aliphatic hydroxyl groups is 1. The summed E-state index contributed by atoms with van der Waals surface area (Å²) >= 11 is 0. The maximum Gasteiger partial charge on any atom is 0.0987 e. The number of hydrogen-bond acceptors (Lipinski definition) is 2. The first-order valence-corrected chi connectivity index (χ1v) is 5.48. The lowest BCUT2D eigenvalue weighted by atomic mass is 9.85. The summed E-state index contributed by atoms with van der Waals surface area (Å²) < 4.78 is 0. The first-order valence-electron chi connectivity index (χ1n) is 5.48. The predicted octanol–water partition coefficient (Wildman–Crippen LogP) is 1.45. The minimum atomic E-state index is -0.754. The van der Waals surface area contributed by atoms with E-state index in [4.69, 9.17) is 5.73 Å². The van der Waals surface area contributed by atoms with Gasteiger partial charge in [0.15, 0.2) is 0 Å². The Morgan fingerprint density at radius 3 is 3.13 bits per heavy atom. The van der Waals surface area contributed by atoms with Gasteiger partial charge in [0.2, 0.25) is 0 Å². The second-order valence-corrected chi connectivity index (χ2v) is 4.58. The van der Waals surface area contributed by atoms with Crippen molar-refractivity contribution in [1.29, 1.82) is 0 Å². The van der Waals surface area contributed by atoms with Gasteiger partial charge in [-0.05, 0) is 29.6 Å². The zero-order chi connectivity index (χ0) is 10.5. The molecule has 0 aliphatic heterocycles. The van der Waals surface area contributed by atoms with E-state index in [9.17, 15) is 5.11 Å². The maximum absolute atomic E-state index is 10.3. The molecule has 1 fully saturated rings. The van der Waals surface area contributed by atoms with E-state index in [1.165, 1.54) is 11.1 Å². The molecule has 3 aliphatic carbocycles. The van der Waals surface area contributed by atoms with Crippen molar-refractivity contribution in [2.24, 2.45) is 11.7 Å². The van der Waals surface area contributed by atoms with Gasteiger partial charge in [0.25, 0.3) is 0 Å². The quantitative estimate of drug-likeness (QED) is 0.674. The first kappa shape index (κ1) is 9.13. The van der Waals surface area contributed by atoms with E-state index >= 15 is 0 Å². The Labute approximate surface area is 89.5 Å². The molecule has 15 heavy (non-hydrogen) atoms. The molecule has 3 aliphatic rings. The Kier molecular flexibility index (Phi) is 1.79. The van der Waals surface area contributed by atoms with Crippen LogP contribution in [0.2, 0.25) is 0 Å². The van der Waals surface area contributed by atoms with E-state index in [0.717, 1.165) is 18.4 Å². The van der Waals surface area contributed by atoms with Gasteiger partial charge in [0.05, 0.1) is 5.60 Å². The molecule has 0 saturated heterocycles. The lowest BCUT2D eigenvalue weighted by Gasteiger charge is -2.26. The van der Waals surface area contributed by atoms with Crippen LogP contribution < -0.4 is 5.73 Å². The van der Waals surface area contributed by atoms with Crippen LogP contribution in [0.3, 0.4) is 0 Å². The van der Waals surface area contributed by atoms with E-state index < -0.39 is 5.60 Å². The standard InChI is InChI=1S/C13H15NO/c14-8-13(15)5-4-11-6-9-2-1-3-10(9)7-12(11)13/h1-3,6-7,11,15H,4-5,8,14H2.